The molecule has 1 aromatic rings. The molecule has 0 bridgehead atoms. The first-order valence-corrected chi connectivity index (χ1v) is 4.95. The molecule has 1 rings (SSSR count). The maximum atomic E-state index is 11.4. The van der Waals surface area contributed by atoms with Crippen LogP contribution < -0.4 is 10.6 Å². The Bertz CT molecular complexity index is 456. The number of rotatable bonds is 6. The third-order valence-corrected chi connectivity index (χ3v) is 1.91. The van der Waals surface area contributed by atoms with Gasteiger partial charge in [-0.25, -0.2) is 4.68 Å². The summed E-state index contributed by atoms with van der Waals surface area (Å²) in [4.78, 5) is 32.6. The predicted octanol–water partition coefficient (Wildman–Crippen LogP) is -2.93. The van der Waals surface area contributed by atoms with Gasteiger partial charge in [0.15, 0.2) is 5.82 Å². The number of carbonyl (C=O) groups excluding carboxylic acids is 2. The van der Waals surface area contributed by atoms with Gasteiger partial charge in [0.05, 0.1) is 13.0 Å². The first-order chi connectivity index (χ1) is 8.49. The molecule has 0 aliphatic rings. The lowest BCUT2D eigenvalue weighted by Gasteiger charge is -2.04. The number of hydrogen-bond acceptors (Lipinski definition) is 6. The van der Waals surface area contributed by atoms with E-state index in [1.165, 1.54) is 4.68 Å². The third-order valence-electron chi connectivity index (χ3n) is 1.91. The number of hydrogen-bond donors (Lipinski definition) is 3. The van der Waals surface area contributed by atoms with Crippen molar-refractivity contribution in [3.05, 3.63) is 5.82 Å². The second-order valence-electron chi connectivity index (χ2n) is 3.34. The molecule has 0 unspecified atom stereocenters. The van der Waals surface area contributed by atoms with Crippen LogP contribution in [0.1, 0.15) is 5.82 Å². The third kappa shape index (κ3) is 4.55. The average Bonchev–Trinajstić information content (AvgIpc) is 2.69. The van der Waals surface area contributed by atoms with Crippen molar-refractivity contribution < 1.29 is 19.5 Å². The smallest absolute Gasteiger partial charge is 0.322 e. The average molecular weight is 256 g/mol. The molecule has 0 radical (unpaired) electrons. The molecule has 0 atom stereocenters. The maximum absolute atomic E-state index is 11.4. The Morgan fingerprint density at radius 2 is 1.89 bits per heavy atom. The van der Waals surface area contributed by atoms with Gasteiger partial charge in [-0.05, 0) is 10.4 Å². The van der Waals surface area contributed by atoms with Crippen molar-refractivity contribution in [2.75, 3.05) is 13.1 Å². The van der Waals surface area contributed by atoms with Gasteiger partial charge in [0, 0.05) is 7.05 Å². The highest BCUT2D eigenvalue weighted by Gasteiger charge is 2.10. The van der Waals surface area contributed by atoms with E-state index in [4.69, 9.17) is 5.11 Å². The Morgan fingerprint density at radius 1 is 1.22 bits per heavy atom. The Hall–Kier alpha value is -2.52. The van der Waals surface area contributed by atoms with E-state index in [1.54, 1.807) is 7.05 Å². The highest BCUT2D eigenvalue weighted by Crippen LogP contribution is 1.89. The molecule has 0 fully saturated rings. The van der Waals surface area contributed by atoms with E-state index < -0.39 is 24.3 Å². The number of nitrogens with zero attached hydrogens (tertiary/aromatic N) is 4. The first kappa shape index (κ1) is 13.5. The molecule has 0 saturated carbocycles. The summed E-state index contributed by atoms with van der Waals surface area (Å²) in [6.07, 6.45) is -0.0598. The fraction of sp³-hybridized carbons (Fsp3) is 0.500. The lowest BCUT2D eigenvalue weighted by atomic mass is 10.3. The zero-order valence-electron chi connectivity index (χ0n) is 9.58. The minimum atomic E-state index is -1.15. The van der Waals surface area contributed by atoms with Gasteiger partial charge in [0.25, 0.3) is 0 Å². The van der Waals surface area contributed by atoms with E-state index in [-0.39, 0.29) is 13.0 Å². The number of nitrogens with one attached hydrogen (secondary N) is 2. The number of amides is 2. The van der Waals surface area contributed by atoms with Crippen molar-refractivity contribution in [2.24, 2.45) is 7.05 Å². The van der Waals surface area contributed by atoms with Crippen LogP contribution in [0.2, 0.25) is 0 Å². The molecular weight excluding hydrogens is 244 g/mol. The fourth-order valence-electron chi connectivity index (χ4n) is 1.02. The van der Waals surface area contributed by atoms with Gasteiger partial charge in [-0.2, -0.15) is 0 Å². The molecule has 0 spiro atoms. The molecule has 0 saturated heterocycles. The largest absolute Gasteiger partial charge is 0.480 e. The van der Waals surface area contributed by atoms with Gasteiger partial charge < -0.3 is 15.7 Å². The topological polar surface area (TPSA) is 139 Å². The van der Waals surface area contributed by atoms with Gasteiger partial charge in [-0.15, -0.1) is 5.10 Å². The van der Waals surface area contributed by atoms with Crippen molar-refractivity contribution in [2.45, 2.75) is 6.42 Å². The molecule has 0 aliphatic heterocycles. The number of aliphatic carboxylic acids is 1. The van der Waals surface area contributed by atoms with Gasteiger partial charge in [-0.1, -0.05) is 0 Å². The highest BCUT2D eigenvalue weighted by molar-refractivity contribution is 5.87. The quantitative estimate of drug-likeness (QED) is 0.495. The molecule has 1 heterocycles. The summed E-state index contributed by atoms with van der Waals surface area (Å²) in [5, 5.41) is 23.2. The summed E-state index contributed by atoms with van der Waals surface area (Å²) < 4.78 is 1.34. The summed E-state index contributed by atoms with van der Waals surface area (Å²) in [5.41, 5.74) is 0. The molecule has 2 amide bonds. The number of carboxylic acids is 1. The Balaban J connectivity index is 2.27. The summed E-state index contributed by atoms with van der Waals surface area (Å²) in [7, 11) is 1.59. The standard InChI is InChI=1S/C8H12N6O4/c1-14-5(11-12-13-14)2-6(15)9-3-7(16)10-4-8(17)18/h2-4H2,1H3,(H,9,15)(H,10,16)(H,17,18). The van der Waals surface area contributed by atoms with E-state index in [0.29, 0.717) is 5.82 Å². The number of tetrazole rings is 1. The van der Waals surface area contributed by atoms with Crippen LogP contribution in [0.15, 0.2) is 0 Å². The zero-order valence-corrected chi connectivity index (χ0v) is 9.58. The van der Waals surface area contributed by atoms with Crippen molar-refractivity contribution >= 4 is 17.8 Å². The fourth-order valence-corrected chi connectivity index (χ4v) is 1.02. The normalized spacial score (nSPS) is 9.83. The van der Waals surface area contributed by atoms with Crippen molar-refractivity contribution in [3.63, 3.8) is 0 Å². The molecule has 10 heteroatoms. The van der Waals surface area contributed by atoms with Crippen molar-refractivity contribution in [1.29, 1.82) is 0 Å². The van der Waals surface area contributed by atoms with Crippen molar-refractivity contribution in [1.82, 2.24) is 30.8 Å². The first-order valence-electron chi connectivity index (χ1n) is 4.95. The van der Waals surface area contributed by atoms with Gasteiger partial charge in [0.2, 0.25) is 11.8 Å². The second kappa shape index (κ2) is 6.27. The van der Waals surface area contributed by atoms with Crippen LogP contribution in [-0.4, -0.2) is 56.2 Å². The zero-order chi connectivity index (χ0) is 13.5. The highest BCUT2D eigenvalue weighted by atomic mass is 16.4. The van der Waals surface area contributed by atoms with Crippen LogP contribution in [0.5, 0.6) is 0 Å². The predicted molar refractivity (Wildman–Crippen MR) is 56.2 cm³/mol. The Labute approximate surface area is 101 Å². The Morgan fingerprint density at radius 3 is 2.44 bits per heavy atom. The minimum Gasteiger partial charge on any atom is -0.480 e. The maximum Gasteiger partial charge on any atom is 0.322 e. The van der Waals surface area contributed by atoms with Crippen LogP contribution in [-0.2, 0) is 27.9 Å². The molecule has 3 N–H and O–H groups in total. The molecule has 10 nitrogen and oxygen atoms in total. The van der Waals surface area contributed by atoms with E-state index in [1.807, 2.05) is 0 Å². The van der Waals surface area contributed by atoms with Crippen molar-refractivity contribution in [3.8, 4) is 0 Å². The van der Waals surface area contributed by atoms with Gasteiger partial charge >= 0.3 is 5.97 Å². The summed E-state index contributed by atoms with van der Waals surface area (Å²) in [6.45, 7) is -0.778. The van der Waals surface area contributed by atoms with Crippen LogP contribution in [0.25, 0.3) is 0 Å². The lowest BCUT2D eigenvalue weighted by molar-refractivity contribution is -0.137. The number of carbonyl (C=O) groups is 3. The van der Waals surface area contributed by atoms with Gasteiger partial charge in [-0.3, -0.25) is 14.4 Å². The molecule has 18 heavy (non-hydrogen) atoms. The molecular formula is C8H12N6O4. The lowest BCUT2D eigenvalue weighted by Crippen LogP contribution is -2.39. The van der Waals surface area contributed by atoms with E-state index in [2.05, 4.69) is 26.2 Å². The SMILES string of the molecule is Cn1nnnc1CC(=O)NCC(=O)NCC(=O)O. The molecule has 0 aliphatic carbocycles. The van der Waals surface area contributed by atoms with Gasteiger partial charge in [0.1, 0.15) is 6.54 Å². The van der Waals surface area contributed by atoms with E-state index >= 15 is 0 Å². The van der Waals surface area contributed by atoms with E-state index in [0.717, 1.165) is 0 Å². The summed E-state index contributed by atoms with van der Waals surface area (Å²) >= 11 is 0. The second-order valence-corrected chi connectivity index (χ2v) is 3.34. The van der Waals surface area contributed by atoms with Crippen LogP contribution in [0.3, 0.4) is 0 Å². The van der Waals surface area contributed by atoms with Crippen LogP contribution in [0, 0.1) is 0 Å². The van der Waals surface area contributed by atoms with Crippen LogP contribution in [0.4, 0.5) is 0 Å². The Kier molecular flexibility index (Phi) is 4.72. The summed E-state index contributed by atoms with van der Waals surface area (Å²) in [6, 6.07) is 0. The molecule has 98 valence electrons. The number of aryl methyl sites for hydroxylation is 1. The molecule has 1 aromatic heterocycles. The monoisotopic (exact) mass is 256 g/mol. The van der Waals surface area contributed by atoms with Crippen LogP contribution >= 0.6 is 0 Å². The number of carboxylic acid groups (broad SMARTS) is 1. The summed E-state index contributed by atoms with van der Waals surface area (Å²) in [5.74, 6) is -1.81. The van der Waals surface area contributed by atoms with E-state index in [9.17, 15) is 14.4 Å². The molecule has 0 aromatic carbocycles. The number of aromatic nitrogens is 4. The minimum absolute atomic E-state index is 0.0598.